The first-order chi connectivity index (χ1) is 15.2. The summed E-state index contributed by atoms with van der Waals surface area (Å²) in [6, 6.07) is 10.3. The second-order valence-electron chi connectivity index (χ2n) is 7.62. The maximum absolute atomic E-state index is 13.0. The van der Waals surface area contributed by atoms with Gasteiger partial charge in [0.15, 0.2) is 0 Å². The largest absolute Gasteiger partial charge is 0.383 e. The maximum atomic E-state index is 13.0. The van der Waals surface area contributed by atoms with Gasteiger partial charge in [-0.05, 0) is 49.2 Å². The van der Waals surface area contributed by atoms with E-state index in [1.165, 1.54) is 21.8 Å². The van der Waals surface area contributed by atoms with E-state index in [4.69, 9.17) is 27.9 Å². The van der Waals surface area contributed by atoms with Gasteiger partial charge in [-0.1, -0.05) is 35.3 Å². The fourth-order valence-corrected chi connectivity index (χ4v) is 3.79. The lowest BCUT2D eigenvalue weighted by molar-refractivity contribution is -0.132. The zero-order valence-corrected chi connectivity index (χ0v) is 19.7. The lowest BCUT2D eigenvalue weighted by atomic mass is 10.1. The van der Waals surface area contributed by atoms with Gasteiger partial charge in [-0.25, -0.2) is 0 Å². The van der Waals surface area contributed by atoms with Gasteiger partial charge < -0.3 is 14.5 Å². The molecule has 3 rings (SSSR count). The first-order valence-corrected chi connectivity index (χ1v) is 10.9. The van der Waals surface area contributed by atoms with Crippen LogP contribution in [0.15, 0.2) is 36.4 Å². The molecule has 1 heterocycles. The van der Waals surface area contributed by atoms with Crippen LogP contribution in [0, 0.1) is 13.8 Å². The Morgan fingerprint density at radius 1 is 1.12 bits per heavy atom. The number of nitrogens with zero attached hydrogens (tertiary/aromatic N) is 3. The van der Waals surface area contributed by atoms with Crippen LogP contribution >= 0.6 is 23.2 Å². The smallest absolute Gasteiger partial charge is 0.254 e. The number of rotatable bonds is 7. The van der Waals surface area contributed by atoms with Crippen LogP contribution in [-0.4, -0.2) is 67.5 Å². The lowest BCUT2D eigenvalue weighted by Gasteiger charge is -2.25. The maximum Gasteiger partial charge on any atom is 0.254 e. The van der Waals surface area contributed by atoms with Crippen molar-refractivity contribution in [3.05, 3.63) is 63.1 Å². The third kappa shape index (κ3) is 5.23. The van der Waals surface area contributed by atoms with Crippen molar-refractivity contribution in [2.24, 2.45) is 0 Å². The fourth-order valence-electron chi connectivity index (χ4n) is 3.44. The minimum Gasteiger partial charge on any atom is -0.383 e. The third-order valence-corrected chi connectivity index (χ3v) is 6.24. The molecule has 2 aromatic rings. The summed E-state index contributed by atoms with van der Waals surface area (Å²) in [5.41, 5.74) is 2.68. The Labute approximate surface area is 197 Å². The van der Waals surface area contributed by atoms with Gasteiger partial charge >= 0.3 is 0 Å². The van der Waals surface area contributed by atoms with E-state index in [0.29, 0.717) is 21.3 Å². The zero-order chi connectivity index (χ0) is 23.4. The van der Waals surface area contributed by atoms with Crippen molar-refractivity contribution >= 4 is 46.6 Å². The lowest BCUT2D eigenvalue weighted by Crippen LogP contribution is -2.44. The molecule has 0 saturated carbocycles. The number of halogens is 2. The van der Waals surface area contributed by atoms with E-state index < -0.39 is 0 Å². The fraction of sp³-hybridized carbons (Fsp3) is 0.348. The van der Waals surface area contributed by atoms with Crippen molar-refractivity contribution in [3.63, 3.8) is 0 Å². The molecule has 0 spiro atoms. The minimum absolute atomic E-state index is 0.0620. The predicted octanol–water partition coefficient (Wildman–Crippen LogP) is 3.53. The van der Waals surface area contributed by atoms with Gasteiger partial charge in [0.2, 0.25) is 11.8 Å². The Morgan fingerprint density at radius 3 is 2.56 bits per heavy atom. The SMILES string of the molecule is COCCN(CC(=O)N1CC(=O)N(c2cccc(Cl)c2C)C1)C(=O)c1ccc(C)c(Cl)c1. The zero-order valence-electron chi connectivity index (χ0n) is 18.2. The molecule has 1 aliphatic heterocycles. The Bertz CT molecular complexity index is 1040. The quantitative estimate of drug-likeness (QED) is 0.611. The van der Waals surface area contributed by atoms with Crippen LogP contribution in [0.4, 0.5) is 5.69 Å². The summed E-state index contributed by atoms with van der Waals surface area (Å²) in [4.78, 5) is 43.0. The van der Waals surface area contributed by atoms with E-state index in [2.05, 4.69) is 0 Å². The van der Waals surface area contributed by atoms with Crippen molar-refractivity contribution in [2.45, 2.75) is 13.8 Å². The highest BCUT2D eigenvalue weighted by atomic mass is 35.5. The van der Waals surface area contributed by atoms with Crippen molar-refractivity contribution in [1.29, 1.82) is 0 Å². The molecule has 170 valence electrons. The van der Waals surface area contributed by atoms with Gasteiger partial charge in [-0.15, -0.1) is 0 Å². The summed E-state index contributed by atoms with van der Waals surface area (Å²) in [6.45, 7) is 4.03. The summed E-state index contributed by atoms with van der Waals surface area (Å²) < 4.78 is 5.10. The predicted molar refractivity (Wildman–Crippen MR) is 124 cm³/mol. The van der Waals surface area contributed by atoms with Gasteiger partial charge in [0.1, 0.15) is 19.8 Å². The van der Waals surface area contributed by atoms with Crippen LogP contribution in [0.5, 0.6) is 0 Å². The molecule has 1 saturated heterocycles. The molecule has 7 nitrogen and oxygen atoms in total. The Hall–Kier alpha value is -2.61. The topological polar surface area (TPSA) is 70.2 Å². The number of ether oxygens (including phenoxy) is 1. The summed E-state index contributed by atoms with van der Waals surface area (Å²) in [5, 5.41) is 1.03. The first kappa shape index (κ1) is 24.0. The molecule has 0 unspecified atom stereocenters. The molecular formula is C23H25Cl2N3O4. The molecule has 0 radical (unpaired) electrons. The van der Waals surface area contributed by atoms with E-state index in [0.717, 1.165) is 11.1 Å². The average molecular weight is 478 g/mol. The summed E-state index contributed by atoms with van der Waals surface area (Å²) in [5.74, 6) is -0.864. The number of benzene rings is 2. The average Bonchev–Trinajstić information content (AvgIpc) is 3.16. The van der Waals surface area contributed by atoms with Crippen molar-refractivity contribution < 1.29 is 19.1 Å². The van der Waals surface area contributed by atoms with Crippen LogP contribution in [-0.2, 0) is 14.3 Å². The molecule has 1 fully saturated rings. The first-order valence-electron chi connectivity index (χ1n) is 10.1. The van der Waals surface area contributed by atoms with Gasteiger partial charge in [-0.3, -0.25) is 19.3 Å². The highest BCUT2D eigenvalue weighted by molar-refractivity contribution is 6.32. The van der Waals surface area contributed by atoms with E-state index in [9.17, 15) is 14.4 Å². The molecule has 0 aliphatic carbocycles. The monoisotopic (exact) mass is 477 g/mol. The standard InChI is InChI=1S/C23H25Cl2N3O4/c1-15-7-8-17(11-19(15)25)23(31)26(9-10-32-3)12-21(29)27-13-22(30)28(14-27)20-6-4-5-18(24)16(20)2/h4-8,11H,9-10,12-14H2,1-3H3. The third-order valence-electron chi connectivity index (χ3n) is 5.42. The number of carbonyl (C=O) groups excluding carboxylic acids is 3. The van der Waals surface area contributed by atoms with Crippen LogP contribution in [0.1, 0.15) is 21.5 Å². The Balaban J connectivity index is 1.74. The van der Waals surface area contributed by atoms with Gasteiger partial charge in [0.25, 0.3) is 5.91 Å². The second kappa shape index (κ2) is 10.3. The highest BCUT2D eigenvalue weighted by Crippen LogP contribution is 2.28. The summed E-state index contributed by atoms with van der Waals surface area (Å²) >= 11 is 12.4. The molecule has 0 bridgehead atoms. The van der Waals surface area contributed by atoms with Gasteiger partial charge in [-0.2, -0.15) is 0 Å². The Kier molecular flexibility index (Phi) is 7.77. The molecule has 0 N–H and O–H groups in total. The normalized spacial score (nSPS) is 13.6. The minimum atomic E-state index is -0.330. The molecule has 3 amide bonds. The van der Waals surface area contributed by atoms with Crippen molar-refractivity contribution in [2.75, 3.05) is 44.9 Å². The van der Waals surface area contributed by atoms with E-state index in [-0.39, 0.29) is 50.6 Å². The van der Waals surface area contributed by atoms with E-state index in [1.54, 1.807) is 36.4 Å². The number of methoxy groups -OCH3 is 1. The molecule has 0 aromatic heterocycles. The number of aryl methyl sites for hydroxylation is 1. The second-order valence-corrected chi connectivity index (χ2v) is 8.44. The van der Waals surface area contributed by atoms with E-state index >= 15 is 0 Å². The molecule has 2 aromatic carbocycles. The van der Waals surface area contributed by atoms with Gasteiger partial charge in [0.05, 0.1) is 6.61 Å². The van der Waals surface area contributed by atoms with E-state index in [1.807, 2.05) is 13.8 Å². The van der Waals surface area contributed by atoms with Crippen molar-refractivity contribution in [1.82, 2.24) is 9.80 Å². The molecule has 1 aliphatic rings. The molecule has 9 heteroatoms. The molecular weight excluding hydrogens is 453 g/mol. The van der Waals surface area contributed by atoms with Gasteiger partial charge in [0, 0.05) is 35.0 Å². The van der Waals surface area contributed by atoms with Crippen LogP contribution in [0.2, 0.25) is 10.0 Å². The number of amides is 3. The molecule has 32 heavy (non-hydrogen) atoms. The number of carbonyl (C=O) groups is 3. The summed E-state index contributed by atoms with van der Waals surface area (Å²) in [6.07, 6.45) is 0. The highest BCUT2D eigenvalue weighted by Gasteiger charge is 2.34. The Morgan fingerprint density at radius 2 is 1.88 bits per heavy atom. The summed E-state index contributed by atoms with van der Waals surface area (Å²) in [7, 11) is 1.53. The number of hydrogen-bond donors (Lipinski definition) is 0. The van der Waals surface area contributed by atoms with Crippen LogP contribution in [0.3, 0.4) is 0 Å². The molecule has 0 atom stereocenters. The number of anilines is 1. The van der Waals surface area contributed by atoms with Crippen LogP contribution < -0.4 is 4.90 Å². The number of hydrogen-bond acceptors (Lipinski definition) is 4. The van der Waals surface area contributed by atoms with Crippen LogP contribution in [0.25, 0.3) is 0 Å². The van der Waals surface area contributed by atoms with Crippen molar-refractivity contribution in [3.8, 4) is 0 Å².